The Morgan fingerprint density at radius 3 is 2.43 bits per heavy atom. The number of carbonyl (C=O) groups excluding carboxylic acids is 2. The zero-order chi connectivity index (χ0) is 20.0. The molecule has 144 valence electrons. The number of fused-ring (bicyclic) bond motifs is 1. The number of nitrogens with zero attached hydrogens (tertiary/aromatic N) is 2. The van der Waals surface area contributed by atoms with Gasteiger partial charge in [-0.05, 0) is 50.5 Å². The zero-order valence-corrected chi connectivity index (χ0v) is 16.7. The van der Waals surface area contributed by atoms with E-state index in [-0.39, 0.29) is 11.8 Å². The lowest BCUT2D eigenvalue weighted by molar-refractivity contribution is -0.120. The molecule has 3 aromatic rings. The third kappa shape index (κ3) is 2.78. The maximum atomic E-state index is 13.2. The minimum atomic E-state index is -0.484. The molecule has 1 aliphatic heterocycles. The maximum absolute atomic E-state index is 13.2. The minimum Gasteiger partial charge on any atom is -0.450 e. The summed E-state index contributed by atoms with van der Waals surface area (Å²) in [5.41, 5.74) is 4.52. The normalized spacial score (nSPS) is 16.8. The third-order valence-electron chi connectivity index (χ3n) is 5.71. The summed E-state index contributed by atoms with van der Waals surface area (Å²) >= 11 is 0. The Morgan fingerprint density at radius 1 is 1.07 bits per heavy atom. The molecule has 1 aromatic heterocycles. The van der Waals surface area contributed by atoms with E-state index < -0.39 is 6.04 Å². The Morgan fingerprint density at radius 2 is 1.75 bits per heavy atom. The summed E-state index contributed by atoms with van der Waals surface area (Å²) < 4.78 is 5.98. The molecule has 4 rings (SSSR count). The SMILES string of the molecule is Cc1ccc(C)c2c(C)c(C(=O)N(C)C3CCN(c4ccccc4)C3=O)oc12. The Bertz CT molecular complexity index is 1070. The molecule has 1 unspecified atom stereocenters. The number of likely N-dealkylation sites (N-methyl/N-ethyl adjacent to an activating group) is 1. The molecule has 2 amide bonds. The highest BCUT2D eigenvalue weighted by atomic mass is 16.3. The quantitative estimate of drug-likeness (QED) is 0.687. The van der Waals surface area contributed by atoms with Crippen LogP contribution in [0.5, 0.6) is 0 Å². The standard InChI is InChI=1S/C23H24N2O3/c1-14-10-11-15(2)20-19(14)16(3)21(28-20)23(27)24(4)18-12-13-25(22(18)26)17-8-6-5-7-9-17/h5-11,18H,12-13H2,1-4H3. The highest BCUT2D eigenvalue weighted by molar-refractivity contribution is 6.05. The summed E-state index contributed by atoms with van der Waals surface area (Å²) in [7, 11) is 1.69. The van der Waals surface area contributed by atoms with E-state index in [1.807, 2.05) is 63.2 Å². The summed E-state index contributed by atoms with van der Waals surface area (Å²) in [6.07, 6.45) is 0.604. The van der Waals surface area contributed by atoms with E-state index in [0.717, 1.165) is 33.3 Å². The molecule has 0 bridgehead atoms. The molecular formula is C23H24N2O3. The van der Waals surface area contributed by atoms with Gasteiger partial charge in [-0.25, -0.2) is 0 Å². The molecule has 0 radical (unpaired) electrons. The number of benzene rings is 2. The average Bonchev–Trinajstić information content (AvgIpc) is 3.25. The summed E-state index contributed by atoms with van der Waals surface area (Å²) in [6.45, 7) is 6.50. The molecule has 5 nitrogen and oxygen atoms in total. The van der Waals surface area contributed by atoms with Crippen molar-refractivity contribution in [1.29, 1.82) is 0 Å². The molecule has 1 aliphatic rings. The highest BCUT2D eigenvalue weighted by Crippen LogP contribution is 2.32. The van der Waals surface area contributed by atoms with Crippen LogP contribution in [0.2, 0.25) is 0 Å². The minimum absolute atomic E-state index is 0.0526. The molecule has 1 atom stereocenters. The number of aryl methyl sites for hydroxylation is 3. The first-order valence-electron chi connectivity index (χ1n) is 9.53. The van der Waals surface area contributed by atoms with Crippen molar-refractivity contribution < 1.29 is 14.0 Å². The second-order valence-electron chi connectivity index (χ2n) is 7.51. The molecule has 28 heavy (non-hydrogen) atoms. The third-order valence-corrected chi connectivity index (χ3v) is 5.71. The molecule has 2 heterocycles. The molecule has 0 saturated carbocycles. The number of furan rings is 1. The van der Waals surface area contributed by atoms with Crippen LogP contribution in [-0.4, -0.2) is 36.3 Å². The van der Waals surface area contributed by atoms with Gasteiger partial charge in [0.1, 0.15) is 11.6 Å². The van der Waals surface area contributed by atoms with Gasteiger partial charge in [0.2, 0.25) is 5.91 Å². The fraction of sp³-hybridized carbons (Fsp3) is 0.304. The second-order valence-corrected chi connectivity index (χ2v) is 7.51. The van der Waals surface area contributed by atoms with Crippen molar-refractivity contribution in [2.45, 2.75) is 33.2 Å². The molecule has 5 heteroatoms. The van der Waals surface area contributed by atoms with Gasteiger partial charge in [0.25, 0.3) is 5.91 Å². The van der Waals surface area contributed by atoms with E-state index in [9.17, 15) is 9.59 Å². The van der Waals surface area contributed by atoms with Crippen LogP contribution >= 0.6 is 0 Å². The van der Waals surface area contributed by atoms with Crippen LogP contribution in [0.25, 0.3) is 11.0 Å². The summed E-state index contributed by atoms with van der Waals surface area (Å²) in [5, 5.41) is 0.986. The van der Waals surface area contributed by atoms with Crippen LogP contribution in [0.4, 0.5) is 5.69 Å². The topological polar surface area (TPSA) is 53.8 Å². The van der Waals surface area contributed by atoms with E-state index in [1.165, 1.54) is 4.90 Å². The molecule has 0 aliphatic carbocycles. The number of hydrogen-bond acceptors (Lipinski definition) is 3. The van der Waals surface area contributed by atoms with Crippen molar-refractivity contribution in [2.75, 3.05) is 18.5 Å². The molecule has 2 aromatic carbocycles. The first-order chi connectivity index (χ1) is 13.4. The highest BCUT2D eigenvalue weighted by Gasteiger charge is 2.38. The molecule has 0 N–H and O–H groups in total. The lowest BCUT2D eigenvalue weighted by Gasteiger charge is -2.23. The fourth-order valence-corrected chi connectivity index (χ4v) is 4.07. The molecule has 0 spiro atoms. The first-order valence-corrected chi connectivity index (χ1v) is 9.53. The first kappa shape index (κ1) is 18.3. The van der Waals surface area contributed by atoms with E-state index in [1.54, 1.807) is 11.9 Å². The predicted octanol–water partition coefficient (Wildman–Crippen LogP) is 4.24. The number of carbonyl (C=O) groups is 2. The summed E-state index contributed by atoms with van der Waals surface area (Å²) in [4.78, 5) is 29.4. The van der Waals surface area contributed by atoms with Crippen LogP contribution in [-0.2, 0) is 4.79 Å². The van der Waals surface area contributed by atoms with Gasteiger partial charge in [-0.1, -0.05) is 30.3 Å². The Kier molecular flexibility index (Phi) is 4.46. The molecular weight excluding hydrogens is 352 g/mol. The van der Waals surface area contributed by atoms with E-state index in [0.29, 0.717) is 18.7 Å². The van der Waals surface area contributed by atoms with Gasteiger partial charge in [-0.2, -0.15) is 0 Å². The smallest absolute Gasteiger partial charge is 0.290 e. The van der Waals surface area contributed by atoms with Crippen LogP contribution in [0.3, 0.4) is 0 Å². The van der Waals surface area contributed by atoms with Crippen LogP contribution < -0.4 is 4.90 Å². The van der Waals surface area contributed by atoms with Gasteiger partial charge in [0.15, 0.2) is 5.76 Å². The largest absolute Gasteiger partial charge is 0.450 e. The Balaban J connectivity index is 1.63. The van der Waals surface area contributed by atoms with Crippen molar-refractivity contribution in [2.24, 2.45) is 0 Å². The summed E-state index contributed by atoms with van der Waals surface area (Å²) in [5.74, 6) is 0.0183. The van der Waals surface area contributed by atoms with E-state index in [4.69, 9.17) is 4.42 Å². The van der Waals surface area contributed by atoms with Gasteiger partial charge >= 0.3 is 0 Å². The summed E-state index contributed by atoms with van der Waals surface area (Å²) in [6, 6.07) is 13.1. The Labute approximate surface area is 164 Å². The molecule has 1 fully saturated rings. The number of rotatable bonds is 3. The van der Waals surface area contributed by atoms with Gasteiger partial charge in [-0.15, -0.1) is 0 Å². The zero-order valence-electron chi connectivity index (χ0n) is 16.7. The van der Waals surface area contributed by atoms with Crippen molar-refractivity contribution in [3.63, 3.8) is 0 Å². The van der Waals surface area contributed by atoms with Gasteiger partial charge < -0.3 is 14.2 Å². The average molecular weight is 376 g/mol. The van der Waals surface area contributed by atoms with Crippen LogP contribution in [0, 0.1) is 20.8 Å². The molecule has 1 saturated heterocycles. The maximum Gasteiger partial charge on any atom is 0.290 e. The number of para-hydroxylation sites is 1. The number of anilines is 1. The number of hydrogen-bond donors (Lipinski definition) is 0. The van der Waals surface area contributed by atoms with E-state index >= 15 is 0 Å². The van der Waals surface area contributed by atoms with Gasteiger partial charge in [-0.3, -0.25) is 9.59 Å². The van der Waals surface area contributed by atoms with Crippen LogP contribution in [0.15, 0.2) is 46.9 Å². The van der Waals surface area contributed by atoms with Crippen molar-refractivity contribution in [3.05, 3.63) is 64.9 Å². The monoisotopic (exact) mass is 376 g/mol. The number of amides is 2. The van der Waals surface area contributed by atoms with Gasteiger partial charge in [0.05, 0.1) is 0 Å². The van der Waals surface area contributed by atoms with Gasteiger partial charge in [0, 0.05) is 30.2 Å². The lowest BCUT2D eigenvalue weighted by atomic mass is 10.0. The van der Waals surface area contributed by atoms with Crippen molar-refractivity contribution >= 4 is 28.5 Å². The van der Waals surface area contributed by atoms with E-state index in [2.05, 4.69) is 0 Å². The van der Waals surface area contributed by atoms with Crippen LogP contribution in [0.1, 0.15) is 33.7 Å². The fourth-order valence-electron chi connectivity index (χ4n) is 4.07. The Hall–Kier alpha value is -3.08. The predicted molar refractivity (Wildman–Crippen MR) is 110 cm³/mol. The lowest BCUT2D eigenvalue weighted by Crippen LogP contribution is -2.43. The van der Waals surface area contributed by atoms with Crippen molar-refractivity contribution in [1.82, 2.24) is 4.90 Å². The second kappa shape index (κ2) is 6.82. The van der Waals surface area contributed by atoms with Crippen molar-refractivity contribution in [3.8, 4) is 0 Å².